The van der Waals surface area contributed by atoms with Crippen LogP contribution < -0.4 is 10.2 Å². The Morgan fingerprint density at radius 2 is 2.31 bits per heavy atom. The molecular weight excluding hydrogens is 198 g/mol. The zero-order valence-electron chi connectivity index (χ0n) is 10.5. The molecule has 3 heteroatoms. The monoisotopic (exact) mass is 219 g/mol. The van der Waals surface area contributed by atoms with E-state index in [0.29, 0.717) is 0 Å². The highest BCUT2D eigenvalue weighted by Crippen LogP contribution is 2.15. The SMILES string of the molecule is C=C(C)CN(CC)c1ccnc(CNC)c1. The second-order valence-electron chi connectivity index (χ2n) is 4.01. The van der Waals surface area contributed by atoms with Crippen LogP contribution in [-0.4, -0.2) is 25.1 Å². The molecule has 0 radical (unpaired) electrons. The lowest BCUT2D eigenvalue weighted by Crippen LogP contribution is -2.24. The van der Waals surface area contributed by atoms with E-state index in [1.165, 1.54) is 11.3 Å². The Labute approximate surface area is 98.2 Å². The zero-order chi connectivity index (χ0) is 12.0. The van der Waals surface area contributed by atoms with Crippen LogP contribution in [0.3, 0.4) is 0 Å². The van der Waals surface area contributed by atoms with Gasteiger partial charge in [0.25, 0.3) is 0 Å². The number of pyridine rings is 1. The van der Waals surface area contributed by atoms with Crippen LogP contribution in [0.15, 0.2) is 30.5 Å². The number of hydrogen-bond donors (Lipinski definition) is 1. The molecule has 3 nitrogen and oxygen atoms in total. The quantitative estimate of drug-likeness (QED) is 0.743. The second kappa shape index (κ2) is 6.28. The van der Waals surface area contributed by atoms with Crippen LogP contribution in [0.2, 0.25) is 0 Å². The van der Waals surface area contributed by atoms with Gasteiger partial charge in [-0.25, -0.2) is 0 Å². The van der Waals surface area contributed by atoms with Gasteiger partial charge < -0.3 is 10.2 Å². The van der Waals surface area contributed by atoms with Gasteiger partial charge in [-0.1, -0.05) is 12.2 Å². The minimum Gasteiger partial charge on any atom is -0.368 e. The highest BCUT2D eigenvalue weighted by atomic mass is 15.1. The van der Waals surface area contributed by atoms with Gasteiger partial charge in [-0.2, -0.15) is 0 Å². The number of anilines is 1. The fourth-order valence-electron chi connectivity index (χ4n) is 1.65. The Kier molecular flexibility index (Phi) is 4.99. The van der Waals surface area contributed by atoms with Crippen molar-refractivity contribution in [2.24, 2.45) is 0 Å². The molecule has 0 aliphatic rings. The van der Waals surface area contributed by atoms with Crippen LogP contribution in [0.5, 0.6) is 0 Å². The Morgan fingerprint density at radius 3 is 2.88 bits per heavy atom. The van der Waals surface area contributed by atoms with Crippen LogP contribution >= 0.6 is 0 Å². The van der Waals surface area contributed by atoms with E-state index in [9.17, 15) is 0 Å². The normalized spacial score (nSPS) is 10.2. The minimum atomic E-state index is 0.804. The van der Waals surface area contributed by atoms with Gasteiger partial charge >= 0.3 is 0 Å². The van der Waals surface area contributed by atoms with Crippen molar-refractivity contribution in [1.29, 1.82) is 0 Å². The molecule has 16 heavy (non-hydrogen) atoms. The average molecular weight is 219 g/mol. The molecular formula is C13H21N3. The van der Waals surface area contributed by atoms with Gasteiger partial charge in [0.2, 0.25) is 0 Å². The first-order valence-electron chi connectivity index (χ1n) is 5.66. The molecule has 1 aromatic heterocycles. The Balaban J connectivity index is 2.83. The lowest BCUT2D eigenvalue weighted by atomic mass is 10.2. The summed E-state index contributed by atoms with van der Waals surface area (Å²) in [4.78, 5) is 6.61. The molecule has 0 aliphatic heterocycles. The predicted molar refractivity (Wildman–Crippen MR) is 69.7 cm³/mol. The van der Waals surface area contributed by atoms with Crippen LogP contribution in [0.1, 0.15) is 19.5 Å². The largest absolute Gasteiger partial charge is 0.368 e. The van der Waals surface area contributed by atoms with Crippen molar-refractivity contribution in [1.82, 2.24) is 10.3 Å². The molecule has 0 saturated carbocycles. The van der Waals surface area contributed by atoms with Gasteiger partial charge in [0.1, 0.15) is 0 Å². The van der Waals surface area contributed by atoms with Gasteiger partial charge in [-0.15, -0.1) is 0 Å². The molecule has 1 rings (SSSR count). The third-order valence-corrected chi connectivity index (χ3v) is 2.37. The van der Waals surface area contributed by atoms with E-state index >= 15 is 0 Å². The van der Waals surface area contributed by atoms with E-state index in [4.69, 9.17) is 0 Å². The number of likely N-dealkylation sites (N-methyl/N-ethyl adjacent to an activating group) is 1. The van der Waals surface area contributed by atoms with E-state index in [2.05, 4.69) is 41.7 Å². The Hall–Kier alpha value is -1.35. The summed E-state index contributed by atoms with van der Waals surface area (Å²) >= 11 is 0. The first-order valence-corrected chi connectivity index (χ1v) is 5.66. The van der Waals surface area contributed by atoms with Gasteiger partial charge in [0, 0.05) is 31.5 Å². The summed E-state index contributed by atoms with van der Waals surface area (Å²) in [5.41, 5.74) is 3.46. The summed E-state index contributed by atoms with van der Waals surface area (Å²) in [6, 6.07) is 4.18. The molecule has 1 aromatic rings. The lowest BCUT2D eigenvalue weighted by Gasteiger charge is -2.23. The molecule has 0 unspecified atom stereocenters. The Morgan fingerprint density at radius 1 is 1.56 bits per heavy atom. The molecule has 1 heterocycles. The first kappa shape index (κ1) is 12.7. The first-order chi connectivity index (χ1) is 7.67. The van der Waals surface area contributed by atoms with Crippen molar-refractivity contribution in [2.45, 2.75) is 20.4 Å². The number of nitrogens with one attached hydrogen (secondary N) is 1. The number of aromatic nitrogens is 1. The maximum Gasteiger partial charge on any atom is 0.0562 e. The molecule has 0 saturated heterocycles. The van der Waals surface area contributed by atoms with Gasteiger partial charge in [-0.05, 0) is 33.0 Å². The van der Waals surface area contributed by atoms with E-state index in [1.807, 2.05) is 19.3 Å². The minimum absolute atomic E-state index is 0.804. The van der Waals surface area contributed by atoms with Gasteiger partial charge in [-0.3, -0.25) is 4.98 Å². The van der Waals surface area contributed by atoms with Gasteiger partial charge in [0.15, 0.2) is 0 Å². The lowest BCUT2D eigenvalue weighted by molar-refractivity contribution is 0.787. The maximum atomic E-state index is 4.31. The molecule has 0 aromatic carbocycles. The summed E-state index contributed by atoms with van der Waals surface area (Å²) in [5.74, 6) is 0. The third kappa shape index (κ3) is 3.66. The second-order valence-corrected chi connectivity index (χ2v) is 4.01. The van der Waals surface area contributed by atoms with E-state index in [0.717, 1.165) is 25.3 Å². The van der Waals surface area contributed by atoms with E-state index in [-0.39, 0.29) is 0 Å². The summed E-state index contributed by atoms with van der Waals surface area (Å²) in [5, 5.41) is 3.11. The summed E-state index contributed by atoms with van der Waals surface area (Å²) in [6.07, 6.45) is 1.86. The maximum absolute atomic E-state index is 4.31. The highest BCUT2D eigenvalue weighted by molar-refractivity contribution is 5.47. The fraction of sp³-hybridized carbons (Fsp3) is 0.462. The molecule has 1 N–H and O–H groups in total. The van der Waals surface area contributed by atoms with Crippen molar-refractivity contribution in [3.63, 3.8) is 0 Å². The smallest absolute Gasteiger partial charge is 0.0562 e. The molecule has 0 aliphatic carbocycles. The van der Waals surface area contributed by atoms with E-state index < -0.39 is 0 Å². The van der Waals surface area contributed by atoms with Crippen molar-refractivity contribution >= 4 is 5.69 Å². The molecule has 0 bridgehead atoms. The molecule has 0 spiro atoms. The fourth-order valence-corrected chi connectivity index (χ4v) is 1.65. The van der Waals surface area contributed by atoms with Gasteiger partial charge in [0.05, 0.1) is 5.69 Å². The predicted octanol–water partition coefficient (Wildman–Crippen LogP) is 2.20. The van der Waals surface area contributed by atoms with Crippen LogP contribution in [0.4, 0.5) is 5.69 Å². The molecule has 0 amide bonds. The number of rotatable bonds is 6. The van der Waals surface area contributed by atoms with E-state index in [1.54, 1.807) is 0 Å². The van der Waals surface area contributed by atoms with Crippen LogP contribution in [0.25, 0.3) is 0 Å². The summed E-state index contributed by atoms with van der Waals surface area (Å²) in [6.45, 7) is 10.9. The van der Waals surface area contributed by atoms with Crippen molar-refractivity contribution in [2.75, 3.05) is 25.0 Å². The molecule has 88 valence electrons. The average Bonchev–Trinajstić information content (AvgIpc) is 2.26. The Bertz CT molecular complexity index is 347. The van der Waals surface area contributed by atoms with Crippen molar-refractivity contribution in [3.8, 4) is 0 Å². The zero-order valence-corrected chi connectivity index (χ0v) is 10.5. The molecule has 0 atom stereocenters. The topological polar surface area (TPSA) is 28.2 Å². The highest BCUT2D eigenvalue weighted by Gasteiger charge is 2.05. The van der Waals surface area contributed by atoms with Crippen molar-refractivity contribution in [3.05, 3.63) is 36.2 Å². The van der Waals surface area contributed by atoms with Crippen LogP contribution in [-0.2, 0) is 6.54 Å². The standard InChI is InChI=1S/C13H21N3/c1-5-16(10-11(2)3)13-6-7-15-12(8-13)9-14-4/h6-8,14H,2,5,9-10H2,1,3-4H3. The number of hydrogen-bond acceptors (Lipinski definition) is 3. The summed E-state index contributed by atoms with van der Waals surface area (Å²) in [7, 11) is 1.93. The number of nitrogens with zero attached hydrogens (tertiary/aromatic N) is 2. The summed E-state index contributed by atoms with van der Waals surface area (Å²) < 4.78 is 0. The van der Waals surface area contributed by atoms with Crippen molar-refractivity contribution < 1.29 is 0 Å². The molecule has 0 fully saturated rings. The van der Waals surface area contributed by atoms with Crippen LogP contribution in [0, 0.1) is 0 Å². The third-order valence-electron chi connectivity index (χ3n) is 2.37.